The Morgan fingerprint density at radius 2 is 2.33 bits per heavy atom. The molecule has 1 unspecified atom stereocenters. The summed E-state index contributed by atoms with van der Waals surface area (Å²) in [5, 5.41) is 13.0. The number of aromatic nitrogens is 4. The molecule has 1 N–H and O–H groups in total. The number of rotatable bonds is 2. The van der Waals surface area contributed by atoms with Gasteiger partial charge >= 0.3 is 0 Å². The van der Waals surface area contributed by atoms with Crippen molar-refractivity contribution in [2.24, 2.45) is 5.92 Å². The minimum atomic E-state index is -0.116. The zero-order chi connectivity index (χ0) is 15.0. The Kier molecular flexibility index (Phi) is 3.34. The molecule has 3 rings (SSSR count). The zero-order valence-corrected chi connectivity index (χ0v) is 12.1. The second kappa shape index (κ2) is 5.17. The maximum Gasteiger partial charge on any atom is 0.279 e. The first-order chi connectivity index (χ1) is 10.1. The summed E-state index contributed by atoms with van der Waals surface area (Å²) in [5.41, 5.74) is 2.57. The smallest absolute Gasteiger partial charge is 0.279 e. The van der Waals surface area contributed by atoms with Crippen LogP contribution in [0.5, 0.6) is 0 Å². The van der Waals surface area contributed by atoms with E-state index in [1.165, 1.54) is 10.8 Å². The third kappa shape index (κ3) is 2.25. The molecule has 2 aromatic heterocycles. The van der Waals surface area contributed by atoms with Crippen LogP contribution in [0.15, 0.2) is 17.2 Å². The number of aromatic amines is 1. The Morgan fingerprint density at radius 3 is 2.95 bits per heavy atom. The minimum Gasteiger partial charge on any atom is -0.323 e. The lowest BCUT2D eigenvalue weighted by Crippen LogP contribution is -2.24. The molecule has 0 aromatic carbocycles. The second-order valence-electron chi connectivity index (χ2n) is 5.70. The van der Waals surface area contributed by atoms with E-state index in [-0.39, 0.29) is 17.4 Å². The summed E-state index contributed by atoms with van der Waals surface area (Å²) in [6.07, 6.45) is 5.82. The van der Waals surface area contributed by atoms with Gasteiger partial charge in [0.2, 0.25) is 5.78 Å². The van der Waals surface area contributed by atoms with Crippen LogP contribution in [0.25, 0.3) is 11.4 Å². The first-order valence-electron chi connectivity index (χ1n) is 7.16. The van der Waals surface area contributed by atoms with Gasteiger partial charge in [-0.15, -0.1) is 0 Å². The molecule has 0 radical (unpaired) electrons. The van der Waals surface area contributed by atoms with Gasteiger partial charge in [-0.3, -0.25) is 4.79 Å². The van der Waals surface area contributed by atoms with Crippen LogP contribution < -0.4 is 5.56 Å². The van der Waals surface area contributed by atoms with Gasteiger partial charge in [0.1, 0.15) is 6.33 Å². The van der Waals surface area contributed by atoms with Crippen LogP contribution in [-0.4, -0.2) is 19.6 Å². The summed E-state index contributed by atoms with van der Waals surface area (Å²) >= 11 is 0. The van der Waals surface area contributed by atoms with Gasteiger partial charge in [0.25, 0.3) is 5.56 Å². The summed E-state index contributed by atoms with van der Waals surface area (Å²) < 4.78 is 1.31. The Bertz CT molecular complexity index is 806. The average Bonchev–Trinajstić information content (AvgIpc) is 2.95. The fourth-order valence-corrected chi connectivity index (χ4v) is 2.84. The van der Waals surface area contributed by atoms with Gasteiger partial charge in [0, 0.05) is 5.56 Å². The fourth-order valence-electron chi connectivity index (χ4n) is 2.84. The highest BCUT2D eigenvalue weighted by Gasteiger charge is 2.22. The molecular formula is C15H17N5O. The van der Waals surface area contributed by atoms with Crippen LogP contribution in [0, 0.1) is 17.2 Å². The molecule has 1 atom stereocenters. The van der Waals surface area contributed by atoms with Crippen molar-refractivity contribution >= 4 is 11.4 Å². The van der Waals surface area contributed by atoms with Gasteiger partial charge < -0.3 is 4.98 Å². The van der Waals surface area contributed by atoms with Crippen molar-refractivity contribution in [1.29, 1.82) is 5.26 Å². The minimum absolute atomic E-state index is 0.0831. The van der Waals surface area contributed by atoms with Crippen LogP contribution in [0.3, 0.4) is 0 Å². The first-order valence-corrected chi connectivity index (χ1v) is 7.16. The van der Waals surface area contributed by atoms with E-state index in [1.807, 2.05) is 13.8 Å². The average molecular weight is 283 g/mol. The third-order valence-corrected chi connectivity index (χ3v) is 3.97. The Hall–Kier alpha value is -2.42. The van der Waals surface area contributed by atoms with E-state index < -0.39 is 0 Å². The van der Waals surface area contributed by atoms with Crippen LogP contribution >= 0.6 is 0 Å². The highest BCUT2D eigenvalue weighted by Crippen LogP contribution is 2.31. The molecular weight excluding hydrogens is 266 g/mol. The molecule has 0 saturated heterocycles. The summed E-state index contributed by atoms with van der Waals surface area (Å²) in [5.74, 6) is 0.634. The van der Waals surface area contributed by atoms with Crippen molar-refractivity contribution in [2.45, 2.75) is 39.0 Å². The van der Waals surface area contributed by atoms with Gasteiger partial charge in [-0.2, -0.15) is 19.9 Å². The first kappa shape index (κ1) is 13.6. The van der Waals surface area contributed by atoms with Crippen LogP contribution in [0.1, 0.15) is 50.3 Å². The standard InChI is InChI=1S/C15H17N5O/c1-9(2)12-13(11-5-3-10(7-16)4-6-11)19-15-17-8-18-20(15)14(12)21/h5,8-10H,3-4,6H2,1-2H3,(H,17,18,19). The van der Waals surface area contributed by atoms with E-state index >= 15 is 0 Å². The second-order valence-corrected chi connectivity index (χ2v) is 5.70. The molecule has 0 saturated carbocycles. The number of hydrogen-bond acceptors (Lipinski definition) is 4. The number of nitrogens with one attached hydrogen (secondary N) is 1. The molecule has 0 amide bonds. The van der Waals surface area contributed by atoms with Gasteiger partial charge in [0.15, 0.2) is 0 Å². The van der Waals surface area contributed by atoms with Crippen molar-refractivity contribution in [1.82, 2.24) is 19.6 Å². The molecule has 21 heavy (non-hydrogen) atoms. The highest BCUT2D eigenvalue weighted by molar-refractivity contribution is 5.67. The predicted octanol–water partition coefficient (Wildman–Crippen LogP) is 2.25. The predicted molar refractivity (Wildman–Crippen MR) is 78.6 cm³/mol. The maximum absolute atomic E-state index is 12.6. The van der Waals surface area contributed by atoms with E-state index in [0.29, 0.717) is 5.78 Å². The van der Waals surface area contributed by atoms with Crippen molar-refractivity contribution in [3.8, 4) is 6.07 Å². The van der Waals surface area contributed by atoms with Crippen LogP contribution in [0.4, 0.5) is 0 Å². The summed E-state index contributed by atoms with van der Waals surface area (Å²) in [6, 6.07) is 2.31. The SMILES string of the molecule is CC(C)c1c(C2=CCC(C#N)CC2)[nH]c2ncnn2c1=O. The molecule has 1 aliphatic carbocycles. The molecule has 6 heteroatoms. The Labute approximate surface area is 122 Å². The number of fused-ring (bicyclic) bond motifs is 1. The quantitative estimate of drug-likeness (QED) is 0.915. The van der Waals surface area contributed by atoms with Crippen LogP contribution in [-0.2, 0) is 0 Å². The van der Waals surface area contributed by atoms with Gasteiger partial charge in [-0.25, -0.2) is 0 Å². The fraction of sp³-hybridized carbons (Fsp3) is 0.467. The maximum atomic E-state index is 12.6. The normalized spacial score (nSPS) is 18.8. The monoisotopic (exact) mass is 283 g/mol. The lowest BCUT2D eigenvalue weighted by molar-refractivity contribution is 0.602. The largest absolute Gasteiger partial charge is 0.323 e. The summed E-state index contributed by atoms with van der Waals surface area (Å²) in [7, 11) is 0. The van der Waals surface area contributed by atoms with E-state index in [2.05, 4.69) is 27.2 Å². The number of nitrogens with zero attached hydrogens (tertiary/aromatic N) is 4. The topological polar surface area (TPSA) is 86.8 Å². The Balaban J connectivity index is 2.18. The van der Waals surface area contributed by atoms with Crippen molar-refractivity contribution < 1.29 is 0 Å². The summed E-state index contributed by atoms with van der Waals surface area (Å²) in [4.78, 5) is 19.9. The van der Waals surface area contributed by atoms with Gasteiger partial charge in [-0.1, -0.05) is 19.9 Å². The van der Waals surface area contributed by atoms with E-state index in [9.17, 15) is 4.79 Å². The highest BCUT2D eigenvalue weighted by atomic mass is 16.1. The molecule has 2 heterocycles. The van der Waals surface area contributed by atoms with E-state index in [4.69, 9.17) is 5.26 Å². The summed E-state index contributed by atoms with van der Waals surface area (Å²) in [6.45, 7) is 4.00. The van der Waals surface area contributed by atoms with Crippen molar-refractivity contribution in [3.05, 3.63) is 34.0 Å². The van der Waals surface area contributed by atoms with Crippen LogP contribution in [0.2, 0.25) is 0 Å². The number of allylic oxidation sites excluding steroid dienone is 2. The molecule has 0 aliphatic heterocycles. The van der Waals surface area contributed by atoms with E-state index in [1.54, 1.807) is 0 Å². The third-order valence-electron chi connectivity index (χ3n) is 3.97. The molecule has 0 fully saturated rings. The molecule has 6 nitrogen and oxygen atoms in total. The molecule has 0 spiro atoms. The molecule has 2 aromatic rings. The molecule has 108 valence electrons. The molecule has 0 bridgehead atoms. The van der Waals surface area contributed by atoms with Gasteiger partial charge in [-0.05, 0) is 30.8 Å². The lowest BCUT2D eigenvalue weighted by atomic mass is 9.86. The van der Waals surface area contributed by atoms with Crippen molar-refractivity contribution in [2.75, 3.05) is 0 Å². The zero-order valence-electron chi connectivity index (χ0n) is 12.1. The Morgan fingerprint density at radius 1 is 1.52 bits per heavy atom. The number of H-pyrrole nitrogens is 1. The number of hydrogen-bond donors (Lipinski definition) is 1. The van der Waals surface area contributed by atoms with Crippen molar-refractivity contribution in [3.63, 3.8) is 0 Å². The van der Waals surface area contributed by atoms with Gasteiger partial charge in [0.05, 0.1) is 17.7 Å². The van der Waals surface area contributed by atoms with E-state index in [0.717, 1.165) is 36.1 Å². The number of nitriles is 1. The lowest BCUT2D eigenvalue weighted by Gasteiger charge is -2.20. The molecule has 1 aliphatic rings.